The van der Waals surface area contributed by atoms with E-state index in [0.717, 1.165) is 0 Å². The molecule has 3 aliphatic carbocycles. The van der Waals surface area contributed by atoms with Gasteiger partial charge in [0.1, 0.15) is 16.9 Å². The number of para-hydroxylation sites is 1. The maximum atomic E-state index is 12.3. The molecule has 0 heterocycles. The fourth-order valence-electron chi connectivity index (χ4n) is 3.44. The van der Waals surface area contributed by atoms with Crippen LogP contribution in [0.2, 0.25) is 0 Å². The Balaban J connectivity index is 1.65. The summed E-state index contributed by atoms with van der Waals surface area (Å²) in [5.41, 5.74) is -0.444. The molecule has 4 rings (SSSR count). The number of esters is 2. The van der Waals surface area contributed by atoms with E-state index in [1.807, 2.05) is 0 Å². The standard InChI is InChI=1S/C16H17NO5/c1-10(18)17-15-7-16(8-15,9-15)22-14(20)12-5-3-4-6-13(12)21-11(2)19/h3-6H,7-9H2,1-2H3,(H,17,18). The van der Waals surface area contributed by atoms with E-state index in [2.05, 4.69) is 5.32 Å². The van der Waals surface area contributed by atoms with Gasteiger partial charge in [0, 0.05) is 33.1 Å². The Kier molecular flexibility index (Phi) is 3.20. The van der Waals surface area contributed by atoms with E-state index in [9.17, 15) is 14.4 Å². The molecule has 1 aromatic carbocycles. The Labute approximate surface area is 127 Å². The quantitative estimate of drug-likeness (QED) is 0.674. The number of rotatable bonds is 4. The zero-order chi connectivity index (χ0) is 16.0. The third kappa shape index (κ3) is 2.45. The molecule has 0 unspecified atom stereocenters. The monoisotopic (exact) mass is 303 g/mol. The minimum Gasteiger partial charge on any atom is -0.455 e. The predicted octanol–water partition coefficient (Wildman–Crippen LogP) is 1.58. The second-order valence-electron chi connectivity index (χ2n) is 6.15. The van der Waals surface area contributed by atoms with Crippen LogP contribution in [0.5, 0.6) is 5.75 Å². The number of ether oxygens (including phenoxy) is 2. The Hall–Kier alpha value is -2.37. The van der Waals surface area contributed by atoms with E-state index in [4.69, 9.17) is 9.47 Å². The molecule has 1 aromatic rings. The summed E-state index contributed by atoms with van der Waals surface area (Å²) in [5, 5.41) is 2.90. The van der Waals surface area contributed by atoms with Crippen molar-refractivity contribution in [1.29, 1.82) is 0 Å². The van der Waals surface area contributed by atoms with Crippen molar-refractivity contribution in [3.8, 4) is 5.75 Å². The Bertz CT molecular complexity index is 646. The third-order valence-corrected chi connectivity index (χ3v) is 4.09. The van der Waals surface area contributed by atoms with Gasteiger partial charge in [0.25, 0.3) is 0 Å². The van der Waals surface area contributed by atoms with E-state index in [1.54, 1.807) is 24.3 Å². The SMILES string of the molecule is CC(=O)NC12CC(OC(=O)c3ccccc3OC(C)=O)(C1)C2. The first-order valence-electron chi connectivity index (χ1n) is 7.13. The van der Waals surface area contributed by atoms with Crippen molar-refractivity contribution in [2.75, 3.05) is 0 Å². The first-order valence-corrected chi connectivity index (χ1v) is 7.13. The van der Waals surface area contributed by atoms with Crippen molar-refractivity contribution in [3.63, 3.8) is 0 Å². The molecule has 0 aliphatic heterocycles. The average Bonchev–Trinajstić information content (AvgIpc) is 2.34. The highest BCUT2D eigenvalue weighted by atomic mass is 16.6. The molecule has 2 bridgehead atoms. The highest BCUT2D eigenvalue weighted by molar-refractivity contribution is 5.94. The van der Waals surface area contributed by atoms with Gasteiger partial charge in [-0.05, 0) is 12.1 Å². The van der Waals surface area contributed by atoms with Crippen LogP contribution in [0.4, 0.5) is 0 Å². The molecule has 1 amide bonds. The average molecular weight is 303 g/mol. The maximum absolute atomic E-state index is 12.3. The van der Waals surface area contributed by atoms with Crippen LogP contribution in [-0.4, -0.2) is 29.0 Å². The van der Waals surface area contributed by atoms with Crippen molar-refractivity contribution in [2.24, 2.45) is 0 Å². The maximum Gasteiger partial charge on any atom is 0.342 e. The third-order valence-electron chi connectivity index (χ3n) is 4.09. The highest BCUT2D eigenvalue weighted by Gasteiger charge is 2.71. The first-order chi connectivity index (χ1) is 10.3. The summed E-state index contributed by atoms with van der Waals surface area (Å²) >= 11 is 0. The summed E-state index contributed by atoms with van der Waals surface area (Å²) in [4.78, 5) is 34.5. The summed E-state index contributed by atoms with van der Waals surface area (Å²) in [7, 11) is 0. The molecule has 0 spiro atoms. The Morgan fingerprint density at radius 1 is 1.09 bits per heavy atom. The minimum atomic E-state index is -0.507. The van der Waals surface area contributed by atoms with Gasteiger partial charge >= 0.3 is 11.9 Å². The van der Waals surface area contributed by atoms with Crippen LogP contribution < -0.4 is 10.1 Å². The van der Waals surface area contributed by atoms with Crippen LogP contribution in [0, 0.1) is 0 Å². The number of hydrogen-bond donors (Lipinski definition) is 1. The fourth-order valence-corrected chi connectivity index (χ4v) is 3.44. The molecule has 6 heteroatoms. The van der Waals surface area contributed by atoms with Crippen LogP contribution >= 0.6 is 0 Å². The van der Waals surface area contributed by atoms with E-state index in [-0.39, 0.29) is 22.8 Å². The van der Waals surface area contributed by atoms with E-state index < -0.39 is 17.5 Å². The lowest BCUT2D eigenvalue weighted by Gasteiger charge is -2.68. The lowest BCUT2D eigenvalue weighted by Crippen LogP contribution is -2.79. The van der Waals surface area contributed by atoms with Crippen molar-refractivity contribution >= 4 is 17.8 Å². The van der Waals surface area contributed by atoms with Crippen LogP contribution in [0.15, 0.2) is 24.3 Å². The van der Waals surface area contributed by atoms with Gasteiger partial charge < -0.3 is 14.8 Å². The molecule has 6 nitrogen and oxygen atoms in total. The summed E-state index contributed by atoms with van der Waals surface area (Å²) in [6.07, 6.45) is 1.92. The molecule has 116 valence electrons. The van der Waals surface area contributed by atoms with Gasteiger partial charge in [-0.15, -0.1) is 0 Å². The highest BCUT2D eigenvalue weighted by Crippen LogP contribution is 2.62. The lowest BCUT2D eigenvalue weighted by atomic mass is 9.46. The number of hydrogen-bond acceptors (Lipinski definition) is 5. The second kappa shape index (κ2) is 4.83. The molecule has 0 saturated heterocycles. The number of benzene rings is 1. The molecule has 3 aliphatic rings. The van der Waals surface area contributed by atoms with Crippen LogP contribution in [0.1, 0.15) is 43.5 Å². The number of nitrogens with one attached hydrogen (secondary N) is 1. The van der Waals surface area contributed by atoms with E-state index in [1.165, 1.54) is 13.8 Å². The number of amides is 1. The largest absolute Gasteiger partial charge is 0.455 e. The van der Waals surface area contributed by atoms with E-state index >= 15 is 0 Å². The second-order valence-corrected chi connectivity index (χ2v) is 6.15. The van der Waals surface area contributed by atoms with Crippen LogP contribution in [0.3, 0.4) is 0 Å². The van der Waals surface area contributed by atoms with Gasteiger partial charge in [0.05, 0.1) is 5.54 Å². The van der Waals surface area contributed by atoms with Gasteiger partial charge in [-0.2, -0.15) is 0 Å². The van der Waals surface area contributed by atoms with Gasteiger partial charge in [0.2, 0.25) is 5.91 Å². The van der Waals surface area contributed by atoms with Gasteiger partial charge in [0.15, 0.2) is 0 Å². The lowest BCUT2D eigenvalue weighted by molar-refractivity contribution is -0.220. The summed E-state index contributed by atoms with van der Waals surface area (Å²) in [6, 6.07) is 6.49. The summed E-state index contributed by atoms with van der Waals surface area (Å²) < 4.78 is 10.6. The number of carbonyl (C=O) groups excluding carboxylic acids is 3. The fraction of sp³-hybridized carbons (Fsp3) is 0.438. The first kappa shape index (κ1) is 14.6. The molecule has 0 aromatic heterocycles. The molecule has 3 fully saturated rings. The topological polar surface area (TPSA) is 81.7 Å². The molecular formula is C16H17NO5. The van der Waals surface area contributed by atoms with Gasteiger partial charge in [-0.3, -0.25) is 9.59 Å². The van der Waals surface area contributed by atoms with Crippen LogP contribution in [0.25, 0.3) is 0 Å². The molecule has 3 saturated carbocycles. The molecule has 0 atom stereocenters. The normalized spacial score (nSPS) is 27.9. The smallest absolute Gasteiger partial charge is 0.342 e. The van der Waals surface area contributed by atoms with Crippen molar-refractivity contribution < 1.29 is 23.9 Å². The van der Waals surface area contributed by atoms with E-state index in [0.29, 0.717) is 19.3 Å². The van der Waals surface area contributed by atoms with Crippen molar-refractivity contribution in [3.05, 3.63) is 29.8 Å². The minimum absolute atomic E-state index is 0.0696. The Morgan fingerprint density at radius 3 is 2.32 bits per heavy atom. The summed E-state index contributed by atoms with van der Waals surface area (Å²) in [6.45, 7) is 2.76. The van der Waals surface area contributed by atoms with Gasteiger partial charge in [-0.1, -0.05) is 12.1 Å². The van der Waals surface area contributed by atoms with Crippen LogP contribution in [-0.2, 0) is 14.3 Å². The zero-order valence-corrected chi connectivity index (χ0v) is 12.5. The zero-order valence-electron chi connectivity index (χ0n) is 12.5. The molecule has 1 N–H and O–H groups in total. The Morgan fingerprint density at radius 2 is 1.73 bits per heavy atom. The molecular weight excluding hydrogens is 286 g/mol. The van der Waals surface area contributed by atoms with Crippen molar-refractivity contribution in [1.82, 2.24) is 5.32 Å². The number of carbonyl (C=O) groups is 3. The molecule has 0 radical (unpaired) electrons. The molecule has 22 heavy (non-hydrogen) atoms. The van der Waals surface area contributed by atoms with Crippen molar-refractivity contribution in [2.45, 2.75) is 44.2 Å². The summed E-state index contributed by atoms with van der Waals surface area (Å²) in [5.74, 6) is -0.869. The van der Waals surface area contributed by atoms with Gasteiger partial charge in [-0.25, -0.2) is 4.79 Å². The predicted molar refractivity (Wildman–Crippen MR) is 76.3 cm³/mol.